The number of nitrogens with two attached hydrogens (primary N) is 1. The Hall–Kier alpha value is -1.36. The van der Waals surface area contributed by atoms with Gasteiger partial charge in [-0.25, -0.2) is 0 Å². The Morgan fingerprint density at radius 3 is 2.88 bits per heavy atom. The molecule has 1 aromatic rings. The Kier molecular flexibility index (Phi) is 4.49. The summed E-state index contributed by atoms with van der Waals surface area (Å²) in [5, 5.41) is 6.84. The summed E-state index contributed by atoms with van der Waals surface area (Å²) in [6, 6.07) is 1.44. The molecular weight excluding hydrogens is 204 g/mol. The smallest absolute Gasteiger partial charge is 0.237 e. The molecule has 0 spiro atoms. The number of aryl methyl sites for hydroxylation is 1. The van der Waals surface area contributed by atoms with Crippen molar-refractivity contribution in [1.82, 2.24) is 15.1 Å². The average molecular weight is 224 g/mol. The maximum Gasteiger partial charge on any atom is 0.237 e. The number of aromatic nitrogens is 2. The normalized spacial score (nSPS) is 14.5. The third-order valence-electron chi connectivity index (χ3n) is 2.93. The van der Waals surface area contributed by atoms with Gasteiger partial charge in [0.2, 0.25) is 5.91 Å². The van der Waals surface area contributed by atoms with Crippen molar-refractivity contribution in [3.05, 3.63) is 18.0 Å². The molecule has 0 aliphatic rings. The predicted octanol–water partition coefficient (Wildman–Crippen LogP) is 0.410. The first-order valence-corrected chi connectivity index (χ1v) is 5.56. The van der Waals surface area contributed by atoms with Gasteiger partial charge in [0, 0.05) is 13.2 Å². The third-order valence-corrected chi connectivity index (χ3v) is 2.93. The summed E-state index contributed by atoms with van der Waals surface area (Å²) in [4.78, 5) is 11.7. The van der Waals surface area contributed by atoms with Crippen LogP contribution in [0.25, 0.3) is 0 Å². The molecule has 16 heavy (non-hydrogen) atoms. The summed E-state index contributed by atoms with van der Waals surface area (Å²) in [5.74, 6) is 0.0992. The lowest BCUT2D eigenvalue weighted by atomic mass is 9.99. The van der Waals surface area contributed by atoms with Crippen molar-refractivity contribution in [3.8, 4) is 0 Å². The van der Waals surface area contributed by atoms with E-state index in [-0.39, 0.29) is 11.8 Å². The molecule has 0 bridgehead atoms. The molecule has 1 aromatic heterocycles. The van der Waals surface area contributed by atoms with Gasteiger partial charge in [0.05, 0.1) is 18.3 Å². The first-order valence-electron chi connectivity index (χ1n) is 5.56. The van der Waals surface area contributed by atoms with Crippen LogP contribution >= 0.6 is 0 Å². The molecular formula is C11H20N4O. The zero-order valence-corrected chi connectivity index (χ0v) is 10.1. The maximum atomic E-state index is 11.7. The zero-order valence-electron chi connectivity index (χ0n) is 10.1. The minimum Gasteiger partial charge on any atom is -0.349 e. The second kappa shape index (κ2) is 5.65. The molecule has 0 saturated heterocycles. The molecule has 0 aliphatic carbocycles. The average Bonchev–Trinajstić information content (AvgIpc) is 2.69. The summed E-state index contributed by atoms with van der Waals surface area (Å²) in [5.41, 5.74) is 6.78. The SMILES string of the molecule is CC[C@H](C)[C@H](N)C(=O)NCc1ccnn1C. The Balaban J connectivity index is 2.44. The van der Waals surface area contributed by atoms with Gasteiger partial charge < -0.3 is 11.1 Å². The van der Waals surface area contributed by atoms with Crippen LogP contribution in [0.4, 0.5) is 0 Å². The van der Waals surface area contributed by atoms with Crippen LogP contribution in [-0.2, 0) is 18.4 Å². The molecule has 5 nitrogen and oxygen atoms in total. The van der Waals surface area contributed by atoms with Crippen molar-refractivity contribution in [1.29, 1.82) is 0 Å². The lowest BCUT2D eigenvalue weighted by Crippen LogP contribution is -2.44. The number of amides is 1. The molecule has 90 valence electrons. The van der Waals surface area contributed by atoms with Crippen molar-refractivity contribution in [2.24, 2.45) is 18.7 Å². The van der Waals surface area contributed by atoms with Crippen LogP contribution in [0.5, 0.6) is 0 Å². The zero-order chi connectivity index (χ0) is 12.1. The van der Waals surface area contributed by atoms with Crippen LogP contribution in [-0.4, -0.2) is 21.7 Å². The molecule has 0 aromatic carbocycles. The van der Waals surface area contributed by atoms with Crippen molar-refractivity contribution >= 4 is 5.91 Å². The van der Waals surface area contributed by atoms with Gasteiger partial charge in [-0.3, -0.25) is 9.48 Å². The first kappa shape index (κ1) is 12.7. The molecule has 5 heteroatoms. The highest BCUT2D eigenvalue weighted by atomic mass is 16.2. The summed E-state index contributed by atoms with van der Waals surface area (Å²) in [7, 11) is 1.84. The van der Waals surface area contributed by atoms with Gasteiger partial charge in [0.1, 0.15) is 0 Å². The van der Waals surface area contributed by atoms with Crippen LogP contribution in [0.1, 0.15) is 26.0 Å². The van der Waals surface area contributed by atoms with Crippen molar-refractivity contribution in [2.45, 2.75) is 32.9 Å². The quantitative estimate of drug-likeness (QED) is 0.761. The van der Waals surface area contributed by atoms with Crippen LogP contribution in [0.3, 0.4) is 0 Å². The fourth-order valence-electron chi connectivity index (χ4n) is 1.38. The van der Waals surface area contributed by atoms with Gasteiger partial charge in [-0.1, -0.05) is 20.3 Å². The van der Waals surface area contributed by atoms with Crippen LogP contribution in [0.15, 0.2) is 12.3 Å². The maximum absolute atomic E-state index is 11.7. The molecule has 1 rings (SSSR count). The Morgan fingerprint density at radius 1 is 1.69 bits per heavy atom. The number of nitrogens with one attached hydrogen (secondary N) is 1. The Labute approximate surface area is 96.0 Å². The third kappa shape index (κ3) is 3.06. The van der Waals surface area contributed by atoms with Crippen LogP contribution in [0, 0.1) is 5.92 Å². The van der Waals surface area contributed by atoms with Crippen LogP contribution in [0.2, 0.25) is 0 Å². The van der Waals surface area contributed by atoms with Crippen molar-refractivity contribution in [3.63, 3.8) is 0 Å². The standard InChI is InChI=1S/C11H20N4O/c1-4-8(2)10(12)11(16)13-7-9-5-6-14-15(9)3/h5-6,8,10H,4,7,12H2,1-3H3,(H,13,16)/t8-,10-/m0/s1. The van der Waals surface area contributed by atoms with Gasteiger partial charge in [0.25, 0.3) is 0 Å². The minimum atomic E-state index is -0.432. The lowest BCUT2D eigenvalue weighted by molar-refractivity contribution is -0.123. The second-order valence-corrected chi connectivity index (χ2v) is 4.08. The van der Waals surface area contributed by atoms with E-state index in [2.05, 4.69) is 10.4 Å². The van der Waals surface area contributed by atoms with E-state index in [9.17, 15) is 4.79 Å². The number of rotatable bonds is 5. The Morgan fingerprint density at radius 2 is 2.38 bits per heavy atom. The van der Waals surface area contributed by atoms with E-state index in [1.165, 1.54) is 0 Å². The van der Waals surface area contributed by atoms with E-state index in [0.29, 0.717) is 6.54 Å². The highest BCUT2D eigenvalue weighted by Gasteiger charge is 2.18. The summed E-state index contributed by atoms with van der Waals surface area (Å²) in [6.45, 7) is 4.48. The van der Waals surface area contributed by atoms with Crippen molar-refractivity contribution < 1.29 is 4.79 Å². The number of hydrogen-bond acceptors (Lipinski definition) is 3. The van der Waals surface area contributed by atoms with E-state index in [0.717, 1.165) is 12.1 Å². The van der Waals surface area contributed by atoms with Gasteiger partial charge in [-0.2, -0.15) is 5.10 Å². The highest BCUT2D eigenvalue weighted by Crippen LogP contribution is 2.05. The highest BCUT2D eigenvalue weighted by molar-refractivity contribution is 5.81. The molecule has 0 unspecified atom stereocenters. The summed E-state index contributed by atoms with van der Waals surface area (Å²) >= 11 is 0. The molecule has 0 fully saturated rings. The molecule has 3 N–H and O–H groups in total. The van der Waals surface area contributed by atoms with E-state index in [4.69, 9.17) is 5.73 Å². The van der Waals surface area contributed by atoms with E-state index >= 15 is 0 Å². The van der Waals surface area contributed by atoms with Gasteiger partial charge in [0.15, 0.2) is 0 Å². The number of carbonyl (C=O) groups is 1. The van der Waals surface area contributed by atoms with Crippen LogP contribution < -0.4 is 11.1 Å². The van der Waals surface area contributed by atoms with Crippen molar-refractivity contribution in [2.75, 3.05) is 0 Å². The number of nitrogens with zero attached hydrogens (tertiary/aromatic N) is 2. The van der Waals surface area contributed by atoms with Gasteiger partial charge >= 0.3 is 0 Å². The topological polar surface area (TPSA) is 72.9 Å². The monoisotopic (exact) mass is 224 g/mol. The summed E-state index contributed by atoms with van der Waals surface area (Å²) in [6.07, 6.45) is 2.61. The molecule has 0 radical (unpaired) electrons. The van der Waals surface area contributed by atoms with E-state index < -0.39 is 6.04 Å². The van der Waals surface area contributed by atoms with Gasteiger partial charge in [-0.05, 0) is 12.0 Å². The molecule has 1 amide bonds. The minimum absolute atomic E-state index is 0.101. The summed E-state index contributed by atoms with van der Waals surface area (Å²) < 4.78 is 1.73. The molecule has 1 heterocycles. The number of hydrogen-bond donors (Lipinski definition) is 2. The Bertz CT molecular complexity index is 348. The lowest BCUT2D eigenvalue weighted by Gasteiger charge is -2.17. The molecule has 0 saturated carbocycles. The molecule has 2 atom stereocenters. The largest absolute Gasteiger partial charge is 0.349 e. The molecule has 0 aliphatic heterocycles. The second-order valence-electron chi connectivity index (χ2n) is 4.08. The van der Waals surface area contributed by atoms with E-state index in [1.807, 2.05) is 27.0 Å². The first-order chi connectivity index (χ1) is 7.56. The fraction of sp³-hybridized carbons (Fsp3) is 0.636. The van der Waals surface area contributed by atoms with E-state index in [1.54, 1.807) is 10.9 Å². The van der Waals surface area contributed by atoms with Gasteiger partial charge in [-0.15, -0.1) is 0 Å². The number of carbonyl (C=O) groups excluding carboxylic acids is 1. The predicted molar refractivity (Wildman–Crippen MR) is 62.5 cm³/mol. The fourth-order valence-corrected chi connectivity index (χ4v) is 1.38.